The van der Waals surface area contributed by atoms with Gasteiger partial charge in [-0.05, 0) is 44.5 Å². The van der Waals surface area contributed by atoms with E-state index in [0.717, 1.165) is 12.1 Å². The number of pyridine rings is 1. The van der Waals surface area contributed by atoms with Crippen LogP contribution in [-0.2, 0) is 11.2 Å². The van der Waals surface area contributed by atoms with Crippen LogP contribution in [-0.4, -0.2) is 31.2 Å². The molecule has 0 atom stereocenters. The summed E-state index contributed by atoms with van der Waals surface area (Å²) in [5.41, 5.74) is 1.34. The van der Waals surface area contributed by atoms with Crippen molar-refractivity contribution < 1.29 is 9.53 Å². The van der Waals surface area contributed by atoms with Gasteiger partial charge in [-0.2, -0.15) is 0 Å². The lowest BCUT2D eigenvalue weighted by Crippen LogP contribution is -2.06. The van der Waals surface area contributed by atoms with Crippen LogP contribution in [0.25, 0.3) is 0 Å². The average Bonchev–Trinajstić information content (AvgIpc) is 3.17. The summed E-state index contributed by atoms with van der Waals surface area (Å²) in [5.74, 6) is -0.319. The summed E-state index contributed by atoms with van der Waals surface area (Å²) in [6, 6.07) is 3.45. The van der Waals surface area contributed by atoms with Crippen LogP contribution in [0, 0.1) is 0 Å². The molecular formula is C17H32N2O2. The van der Waals surface area contributed by atoms with Crippen molar-refractivity contribution >= 4 is 5.97 Å². The molecular weight excluding hydrogens is 264 g/mol. The Bertz CT molecular complexity index is 343. The second-order valence-corrected chi connectivity index (χ2v) is 3.80. The number of methoxy groups -OCH3 is 1. The molecule has 2 heterocycles. The number of nitrogens with zero attached hydrogens (tertiary/aromatic N) is 1. The third-order valence-electron chi connectivity index (χ3n) is 2.59. The van der Waals surface area contributed by atoms with E-state index in [1.807, 2.05) is 34.6 Å². The van der Waals surface area contributed by atoms with Crippen molar-refractivity contribution in [2.75, 3.05) is 20.2 Å². The number of aryl methyl sites for hydroxylation is 1. The topological polar surface area (TPSA) is 51.2 Å². The number of carbonyl (C=O) groups is 1. The molecule has 0 spiro atoms. The molecule has 0 radical (unpaired) electrons. The first-order chi connectivity index (χ1) is 10.3. The predicted octanol–water partition coefficient (Wildman–Crippen LogP) is 3.85. The van der Waals surface area contributed by atoms with Gasteiger partial charge in [0, 0.05) is 6.20 Å². The quantitative estimate of drug-likeness (QED) is 0.842. The minimum Gasteiger partial charge on any atom is -0.465 e. The Balaban J connectivity index is 0. The van der Waals surface area contributed by atoms with Crippen LogP contribution >= 0.6 is 0 Å². The lowest BCUT2D eigenvalue weighted by Gasteiger charge is -2.02. The molecule has 122 valence electrons. The number of esters is 1. The van der Waals surface area contributed by atoms with Crippen molar-refractivity contribution in [3.63, 3.8) is 0 Å². The molecule has 1 N–H and O–H groups in total. The van der Waals surface area contributed by atoms with Gasteiger partial charge in [0.25, 0.3) is 0 Å². The Morgan fingerprint density at radius 2 is 1.81 bits per heavy atom. The maximum Gasteiger partial charge on any atom is 0.339 e. The fourth-order valence-corrected chi connectivity index (χ4v) is 1.64. The number of nitrogens with one attached hydrogen (secondary N) is 1. The van der Waals surface area contributed by atoms with Crippen LogP contribution in [0.5, 0.6) is 0 Å². The summed E-state index contributed by atoms with van der Waals surface area (Å²) in [4.78, 5) is 15.2. The Hall–Kier alpha value is -1.42. The summed E-state index contributed by atoms with van der Waals surface area (Å²) >= 11 is 0. The number of ether oxygens (including phenoxy) is 1. The van der Waals surface area contributed by atoms with E-state index in [1.165, 1.54) is 33.0 Å². The molecule has 1 aromatic rings. The fourth-order valence-electron chi connectivity index (χ4n) is 1.64. The normalized spacial score (nSPS) is 11.7. The van der Waals surface area contributed by atoms with E-state index in [0.29, 0.717) is 5.56 Å². The summed E-state index contributed by atoms with van der Waals surface area (Å²) in [7, 11) is 1.37. The van der Waals surface area contributed by atoms with Crippen molar-refractivity contribution in [3.8, 4) is 0 Å². The van der Waals surface area contributed by atoms with Crippen molar-refractivity contribution in [1.82, 2.24) is 10.3 Å². The minimum absolute atomic E-state index is 0.319. The maximum absolute atomic E-state index is 11.1. The average molecular weight is 296 g/mol. The van der Waals surface area contributed by atoms with Gasteiger partial charge in [0.1, 0.15) is 0 Å². The molecule has 0 unspecified atom stereocenters. The molecule has 2 rings (SSSR count). The van der Waals surface area contributed by atoms with Gasteiger partial charge in [0.15, 0.2) is 0 Å². The van der Waals surface area contributed by atoms with Gasteiger partial charge in [0.2, 0.25) is 0 Å². The number of hydrogen-bond donors (Lipinski definition) is 1. The summed E-state index contributed by atoms with van der Waals surface area (Å²) < 4.78 is 4.60. The summed E-state index contributed by atoms with van der Waals surface area (Å²) in [6.07, 6.45) is 5.19. The molecule has 1 fully saturated rings. The molecule has 0 amide bonds. The van der Waals surface area contributed by atoms with Crippen LogP contribution in [0.3, 0.4) is 0 Å². The van der Waals surface area contributed by atoms with Gasteiger partial charge in [0.05, 0.1) is 18.4 Å². The lowest BCUT2D eigenvalue weighted by atomic mass is 10.1. The maximum atomic E-state index is 11.1. The molecule has 21 heavy (non-hydrogen) atoms. The summed E-state index contributed by atoms with van der Waals surface area (Å²) in [6.45, 7) is 12.5. The first kappa shape index (κ1) is 21.9. The van der Waals surface area contributed by atoms with Crippen LogP contribution in [0.2, 0.25) is 0 Å². The van der Waals surface area contributed by atoms with Crippen molar-refractivity contribution in [1.29, 1.82) is 0 Å². The van der Waals surface area contributed by atoms with Gasteiger partial charge < -0.3 is 10.1 Å². The standard InChI is InChI=1S/C9H11NO2.C4H9N.2C2H6/c1-3-8-7(9(11)12-2)5-4-6-10-8;1-2-4-5-3-1;2*1-2/h4-6H,3H2,1-2H3;5H,1-4H2;2*1-2H3. The second kappa shape index (κ2) is 16.6. The Labute approximate surface area is 130 Å². The minimum atomic E-state index is -0.319. The van der Waals surface area contributed by atoms with E-state index in [1.54, 1.807) is 18.3 Å². The van der Waals surface area contributed by atoms with Gasteiger partial charge in [-0.1, -0.05) is 34.6 Å². The lowest BCUT2D eigenvalue weighted by molar-refractivity contribution is 0.0599. The zero-order chi connectivity index (χ0) is 16.5. The Morgan fingerprint density at radius 3 is 2.19 bits per heavy atom. The van der Waals surface area contributed by atoms with Gasteiger partial charge in [-0.25, -0.2) is 4.79 Å². The highest BCUT2D eigenvalue weighted by Gasteiger charge is 2.09. The Morgan fingerprint density at radius 1 is 1.24 bits per heavy atom. The second-order valence-electron chi connectivity index (χ2n) is 3.80. The molecule has 0 aromatic carbocycles. The van der Waals surface area contributed by atoms with Crippen LogP contribution in [0.15, 0.2) is 18.3 Å². The van der Waals surface area contributed by atoms with Crippen molar-refractivity contribution in [2.24, 2.45) is 0 Å². The predicted molar refractivity (Wildman–Crippen MR) is 89.8 cm³/mol. The van der Waals surface area contributed by atoms with Crippen LogP contribution in [0.1, 0.15) is 63.5 Å². The SMILES string of the molecule is C1CCNC1.CC.CC.CCc1ncccc1C(=O)OC. The highest BCUT2D eigenvalue weighted by Crippen LogP contribution is 2.06. The molecule has 4 heteroatoms. The molecule has 0 saturated carbocycles. The smallest absolute Gasteiger partial charge is 0.339 e. The highest BCUT2D eigenvalue weighted by molar-refractivity contribution is 5.90. The van der Waals surface area contributed by atoms with Crippen LogP contribution < -0.4 is 5.32 Å². The van der Waals surface area contributed by atoms with Gasteiger partial charge in [-0.15, -0.1) is 0 Å². The number of hydrogen-bond acceptors (Lipinski definition) is 4. The Kier molecular flexibility index (Phi) is 17.3. The van der Waals surface area contributed by atoms with E-state index in [-0.39, 0.29) is 5.97 Å². The molecule has 4 nitrogen and oxygen atoms in total. The highest BCUT2D eigenvalue weighted by atomic mass is 16.5. The summed E-state index contributed by atoms with van der Waals surface area (Å²) in [5, 5.41) is 3.22. The zero-order valence-corrected chi connectivity index (χ0v) is 14.5. The number of rotatable bonds is 2. The fraction of sp³-hybridized carbons (Fsp3) is 0.647. The third kappa shape index (κ3) is 10.0. The van der Waals surface area contributed by atoms with Gasteiger partial charge >= 0.3 is 5.97 Å². The van der Waals surface area contributed by atoms with E-state index in [9.17, 15) is 4.79 Å². The molecule has 1 aromatic heterocycles. The number of aromatic nitrogens is 1. The molecule has 1 saturated heterocycles. The van der Waals surface area contributed by atoms with Crippen molar-refractivity contribution in [2.45, 2.75) is 53.9 Å². The first-order valence-corrected chi connectivity index (χ1v) is 8.02. The number of carbonyl (C=O) groups excluding carboxylic acids is 1. The van der Waals surface area contributed by atoms with E-state index >= 15 is 0 Å². The molecule has 1 aliphatic rings. The third-order valence-corrected chi connectivity index (χ3v) is 2.59. The van der Waals surface area contributed by atoms with Crippen LogP contribution in [0.4, 0.5) is 0 Å². The van der Waals surface area contributed by atoms with E-state index in [4.69, 9.17) is 0 Å². The van der Waals surface area contributed by atoms with Gasteiger partial charge in [-0.3, -0.25) is 4.98 Å². The first-order valence-electron chi connectivity index (χ1n) is 8.02. The largest absolute Gasteiger partial charge is 0.465 e. The van der Waals surface area contributed by atoms with E-state index in [2.05, 4.69) is 15.0 Å². The molecule has 0 aliphatic carbocycles. The van der Waals surface area contributed by atoms with E-state index < -0.39 is 0 Å². The zero-order valence-electron chi connectivity index (χ0n) is 14.5. The monoisotopic (exact) mass is 296 g/mol. The van der Waals surface area contributed by atoms with Crippen molar-refractivity contribution in [3.05, 3.63) is 29.6 Å². The molecule has 0 bridgehead atoms. The molecule has 1 aliphatic heterocycles.